The topological polar surface area (TPSA) is 17.1 Å². The first kappa shape index (κ1) is 9.67. The summed E-state index contributed by atoms with van der Waals surface area (Å²) in [5.74, 6) is 3.46. The van der Waals surface area contributed by atoms with Gasteiger partial charge in [0.1, 0.15) is 5.78 Å². The average Bonchev–Trinajstić information content (AvgIpc) is 2.91. The van der Waals surface area contributed by atoms with Gasteiger partial charge in [-0.2, -0.15) is 0 Å². The van der Waals surface area contributed by atoms with Crippen LogP contribution in [0.1, 0.15) is 47.0 Å². The van der Waals surface area contributed by atoms with Gasteiger partial charge in [0.2, 0.25) is 0 Å². The standard InChI is InChI=1S/C15H22O/c1-8-10(16)7-11-14(4)6-5-9-12(13(9,2)3)15(8,11)14/h8-9,11-12H,5-7H2,1-4H3/t8-,9-,11?,12?,14-,15+/m0/s1. The number of fused-ring (bicyclic) bond motifs is 2. The van der Waals surface area contributed by atoms with Crippen molar-refractivity contribution in [3.8, 4) is 0 Å². The Morgan fingerprint density at radius 1 is 1.25 bits per heavy atom. The van der Waals surface area contributed by atoms with E-state index in [1.165, 1.54) is 12.8 Å². The van der Waals surface area contributed by atoms with Gasteiger partial charge in [-0.1, -0.05) is 27.7 Å². The van der Waals surface area contributed by atoms with E-state index in [0.717, 1.165) is 24.2 Å². The van der Waals surface area contributed by atoms with Crippen LogP contribution in [0.25, 0.3) is 0 Å². The van der Waals surface area contributed by atoms with E-state index in [4.69, 9.17) is 0 Å². The molecule has 0 heterocycles. The van der Waals surface area contributed by atoms with Crippen molar-refractivity contribution in [1.29, 1.82) is 0 Å². The Hall–Kier alpha value is -0.330. The molecule has 0 N–H and O–H groups in total. The van der Waals surface area contributed by atoms with E-state index in [-0.39, 0.29) is 0 Å². The maximum Gasteiger partial charge on any atom is 0.136 e. The summed E-state index contributed by atoms with van der Waals surface area (Å²) in [6, 6.07) is 0. The fourth-order valence-corrected chi connectivity index (χ4v) is 6.60. The van der Waals surface area contributed by atoms with E-state index in [1.54, 1.807) is 0 Å². The largest absolute Gasteiger partial charge is 0.299 e. The minimum Gasteiger partial charge on any atom is -0.299 e. The second kappa shape index (κ2) is 2.15. The Morgan fingerprint density at radius 3 is 2.62 bits per heavy atom. The Kier molecular flexibility index (Phi) is 1.30. The number of hydrogen-bond donors (Lipinski definition) is 0. The first-order valence-electron chi connectivity index (χ1n) is 6.91. The van der Waals surface area contributed by atoms with Gasteiger partial charge in [-0.25, -0.2) is 0 Å². The first-order chi connectivity index (χ1) is 7.38. The van der Waals surface area contributed by atoms with Crippen LogP contribution in [-0.4, -0.2) is 5.78 Å². The van der Waals surface area contributed by atoms with Crippen LogP contribution in [0.5, 0.6) is 0 Å². The lowest BCUT2D eigenvalue weighted by Crippen LogP contribution is -2.30. The summed E-state index contributed by atoms with van der Waals surface area (Å²) in [4.78, 5) is 12.0. The van der Waals surface area contributed by atoms with E-state index in [2.05, 4.69) is 27.7 Å². The molecule has 1 spiro atoms. The van der Waals surface area contributed by atoms with E-state index >= 15 is 0 Å². The minimum absolute atomic E-state index is 0.358. The SMILES string of the molecule is C[C@H]1C(=O)CC2[C@@]13C1[C@H](CC[C@@]23C)C1(C)C. The summed E-state index contributed by atoms with van der Waals surface area (Å²) in [6.07, 6.45) is 3.71. The molecule has 1 heteroatoms. The minimum atomic E-state index is 0.358. The number of hydrogen-bond acceptors (Lipinski definition) is 1. The molecule has 4 rings (SSSR count). The average molecular weight is 218 g/mol. The number of ketones is 1. The maximum absolute atomic E-state index is 12.0. The fourth-order valence-electron chi connectivity index (χ4n) is 6.60. The highest BCUT2D eigenvalue weighted by Gasteiger charge is 2.89. The van der Waals surface area contributed by atoms with Crippen molar-refractivity contribution in [2.75, 3.05) is 0 Å². The van der Waals surface area contributed by atoms with Crippen LogP contribution in [0.3, 0.4) is 0 Å². The van der Waals surface area contributed by atoms with Crippen molar-refractivity contribution >= 4 is 5.78 Å². The number of Topliss-reactive ketones (excluding diaryl/α,β-unsaturated/α-hetero) is 1. The van der Waals surface area contributed by atoms with Gasteiger partial charge in [0.05, 0.1) is 0 Å². The molecule has 16 heavy (non-hydrogen) atoms. The van der Waals surface area contributed by atoms with Crippen LogP contribution in [0.2, 0.25) is 0 Å². The third-order valence-corrected chi connectivity index (χ3v) is 7.40. The number of carbonyl (C=O) groups excluding carboxylic acids is 1. The van der Waals surface area contributed by atoms with Crippen LogP contribution >= 0.6 is 0 Å². The molecule has 4 fully saturated rings. The van der Waals surface area contributed by atoms with Gasteiger partial charge in [0.25, 0.3) is 0 Å². The molecule has 0 aromatic rings. The van der Waals surface area contributed by atoms with Crippen LogP contribution in [0.15, 0.2) is 0 Å². The van der Waals surface area contributed by atoms with Gasteiger partial charge in [0.15, 0.2) is 0 Å². The molecule has 88 valence electrons. The molecular formula is C15H22O. The van der Waals surface area contributed by atoms with Gasteiger partial charge in [-0.05, 0) is 46.8 Å². The third kappa shape index (κ3) is 0.638. The lowest BCUT2D eigenvalue weighted by atomic mass is 9.72. The van der Waals surface area contributed by atoms with Crippen LogP contribution in [0.4, 0.5) is 0 Å². The molecule has 2 unspecified atom stereocenters. The summed E-state index contributed by atoms with van der Waals surface area (Å²) >= 11 is 0. The summed E-state index contributed by atoms with van der Waals surface area (Å²) in [7, 11) is 0. The maximum atomic E-state index is 12.0. The first-order valence-corrected chi connectivity index (χ1v) is 6.91. The smallest absolute Gasteiger partial charge is 0.136 e. The zero-order chi connectivity index (χ0) is 11.5. The Morgan fingerprint density at radius 2 is 1.94 bits per heavy atom. The van der Waals surface area contributed by atoms with Crippen LogP contribution in [0, 0.1) is 39.9 Å². The van der Waals surface area contributed by atoms with Crippen molar-refractivity contribution in [3.05, 3.63) is 0 Å². The van der Waals surface area contributed by atoms with Crippen molar-refractivity contribution in [2.24, 2.45) is 39.9 Å². The highest BCUT2D eigenvalue weighted by atomic mass is 16.1. The molecule has 6 atom stereocenters. The van der Waals surface area contributed by atoms with Gasteiger partial charge >= 0.3 is 0 Å². The van der Waals surface area contributed by atoms with Crippen molar-refractivity contribution in [2.45, 2.75) is 47.0 Å². The quantitative estimate of drug-likeness (QED) is 0.610. The molecular weight excluding hydrogens is 196 g/mol. The monoisotopic (exact) mass is 218 g/mol. The molecule has 4 aliphatic carbocycles. The normalized spacial score (nSPS) is 64.6. The Balaban J connectivity index is 1.84. The highest BCUT2D eigenvalue weighted by molar-refractivity contribution is 5.87. The zero-order valence-electron chi connectivity index (χ0n) is 10.8. The Labute approximate surface area is 98.0 Å². The van der Waals surface area contributed by atoms with E-state index in [9.17, 15) is 4.79 Å². The summed E-state index contributed by atoms with van der Waals surface area (Å²) in [5.41, 5.74) is 1.51. The summed E-state index contributed by atoms with van der Waals surface area (Å²) < 4.78 is 0. The lowest BCUT2D eigenvalue weighted by molar-refractivity contribution is -0.123. The Bertz CT molecular complexity index is 410. The van der Waals surface area contributed by atoms with Crippen molar-refractivity contribution in [1.82, 2.24) is 0 Å². The molecule has 0 aliphatic heterocycles. The molecule has 0 radical (unpaired) electrons. The fraction of sp³-hybridized carbons (Fsp3) is 0.933. The molecule has 0 aromatic heterocycles. The van der Waals surface area contributed by atoms with E-state index in [0.29, 0.717) is 27.9 Å². The molecule has 0 aromatic carbocycles. The predicted molar refractivity (Wildman–Crippen MR) is 62.8 cm³/mol. The predicted octanol–water partition coefficient (Wildman–Crippen LogP) is 3.28. The second-order valence-corrected chi connectivity index (χ2v) is 7.74. The lowest BCUT2D eigenvalue weighted by Gasteiger charge is -2.31. The number of carbonyl (C=O) groups is 1. The summed E-state index contributed by atoms with van der Waals surface area (Å²) in [6.45, 7) is 9.58. The van der Waals surface area contributed by atoms with Crippen molar-refractivity contribution < 1.29 is 4.79 Å². The van der Waals surface area contributed by atoms with E-state index in [1.807, 2.05) is 0 Å². The van der Waals surface area contributed by atoms with E-state index < -0.39 is 0 Å². The molecule has 1 nitrogen and oxygen atoms in total. The molecule has 0 saturated heterocycles. The molecule has 4 aliphatic rings. The molecule has 0 amide bonds. The van der Waals surface area contributed by atoms with Gasteiger partial charge in [0, 0.05) is 12.3 Å². The van der Waals surface area contributed by atoms with Gasteiger partial charge in [-0.3, -0.25) is 4.79 Å². The summed E-state index contributed by atoms with van der Waals surface area (Å²) in [5, 5.41) is 0. The van der Waals surface area contributed by atoms with Gasteiger partial charge < -0.3 is 0 Å². The molecule has 4 saturated carbocycles. The highest BCUT2D eigenvalue weighted by Crippen LogP contribution is 2.93. The van der Waals surface area contributed by atoms with Crippen LogP contribution < -0.4 is 0 Å². The van der Waals surface area contributed by atoms with Gasteiger partial charge in [-0.15, -0.1) is 0 Å². The second-order valence-electron chi connectivity index (χ2n) is 7.74. The number of rotatable bonds is 0. The van der Waals surface area contributed by atoms with Crippen molar-refractivity contribution in [3.63, 3.8) is 0 Å². The third-order valence-electron chi connectivity index (χ3n) is 7.40. The van der Waals surface area contributed by atoms with Crippen LogP contribution in [-0.2, 0) is 4.79 Å². The molecule has 0 bridgehead atoms. The zero-order valence-corrected chi connectivity index (χ0v) is 10.8.